The van der Waals surface area contributed by atoms with Gasteiger partial charge in [0.1, 0.15) is 5.60 Å². The highest BCUT2D eigenvalue weighted by molar-refractivity contribution is 5.81. The molecule has 0 bridgehead atoms. The molecule has 0 radical (unpaired) electrons. The molecule has 14 heavy (non-hydrogen) atoms. The molecule has 0 spiro atoms. The molecule has 74 valence electrons. The van der Waals surface area contributed by atoms with Crippen molar-refractivity contribution in [3.8, 4) is 5.88 Å². The third kappa shape index (κ3) is 1.90. The van der Waals surface area contributed by atoms with Crippen LogP contribution < -0.4 is 4.74 Å². The molecule has 2 nitrogen and oxygen atoms in total. The lowest BCUT2D eigenvalue weighted by molar-refractivity contribution is 0.125. The van der Waals surface area contributed by atoms with Crippen LogP contribution in [0.15, 0.2) is 30.3 Å². The van der Waals surface area contributed by atoms with Crippen molar-refractivity contribution in [3.63, 3.8) is 0 Å². The van der Waals surface area contributed by atoms with Crippen molar-refractivity contribution >= 4 is 10.9 Å². The number of aromatic nitrogens is 1. The van der Waals surface area contributed by atoms with Crippen molar-refractivity contribution in [2.45, 2.75) is 26.4 Å². The first-order chi connectivity index (χ1) is 6.54. The van der Waals surface area contributed by atoms with E-state index in [1.807, 2.05) is 45.0 Å². The second-order valence-electron chi connectivity index (χ2n) is 4.44. The Kier molecular flexibility index (Phi) is 1.99. The second-order valence-corrected chi connectivity index (χ2v) is 4.44. The van der Waals surface area contributed by atoms with Crippen LogP contribution in [0.4, 0.5) is 0 Å². The first kappa shape index (κ1) is 9.13. The number of rotatable bonds is 1. The topological polar surface area (TPSA) is 25.0 Å². The zero-order valence-electron chi connectivity index (χ0n) is 8.79. The van der Waals surface area contributed by atoms with Gasteiger partial charge in [-0.3, -0.25) is 0 Å². The van der Waals surface area contributed by atoms with Crippen molar-refractivity contribution in [2.24, 2.45) is 0 Å². The molecule has 0 saturated carbocycles. The maximum absolute atomic E-state index is 5.73. The van der Waals surface area contributed by atoms with Gasteiger partial charge in [0.15, 0.2) is 5.88 Å². The molecule has 2 heteroatoms. The zero-order valence-corrected chi connectivity index (χ0v) is 8.79. The predicted molar refractivity (Wildman–Crippen MR) is 58.7 cm³/mol. The summed E-state index contributed by atoms with van der Waals surface area (Å²) in [5.41, 5.74) is 0.965. The summed E-state index contributed by atoms with van der Waals surface area (Å²) in [6.07, 6.45) is 0. The molecule has 2 rings (SSSR count). The van der Waals surface area contributed by atoms with Crippen LogP contribution in [0.2, 0.25) is 0 Å². The number of hydrogen-bond acceptors (Lipinski definition) is 1. The highest BCUT2D eigenvalue weighted by Crippen LogP contribution is 2.22. The van der Waals surface area contributed by atoms with Crippen LogP contribution in [-0.4, -0.2) is 10.6 Å². The molecule has 1 N–H and O–H groups in total. The Bertz CT molecular complexity index is 404. The zero-order chi connectivity index (χ0) is 10.2. The van der Waals surface area contributed by atoms with Gasteiger partial charge in [-0.2, -0.15) is 0 Å². The summed E-state index contributed by atoms with van der Waals surface area (Å²) in [5, 5.41) is 1.19. The largest absolute Gasteiger partial charge is 0.473 e. The van der Waals surface area contributed by atoms with Crippen LogP contribution in [0, 0.1) is 0 Å². The lowest BCUT2D eigenvalue weighted by Gasteiger charge is -2.19. The molecule has 0 atom stereocenters. The van der Waals surface area contributed by atoms with Gasteiger partial charge in [0.25, 0.3) is 0 Å². The number of fused-ring (bicyclic) bond motifs is 1. The van der Waals surface area contributed by atoms with Crippen LogP contribution in [-0.2, 0) is 0 Å². The summed E-state index contributed by atoms with van der Waals surface area (Å²) >= 11 is 0. The molecule has 0 amide bonds. The van der Waals surface area contributed by atoms with E-state index in [2.05, 4.69) is 11.1 Å². The van der Waals surface area contributed by atoms with E-state index in [0.717, 1.165) is 11.4 Å². The van der Waals surface area contributed by atoms with Crippen LogP contribution in [0.3, 0.4) is 0 Å². The summed E-state index contributed by atoms with van der Waals surface area (Å²) < 4.78 is 5.73. The number of para-hydroxylation sites is 1. The Balaban J connectivity index is 2.36. The Labute approximate surface area is 83.9 Å². The fraction of sp³-hybridized carbons (Fsp3) is 0.333. The number of aromatic amines is 1. The van der Waals surface area contributed by atoms with Gasteiger partial charge >= 0.3 is 0 Å². The summed E-state index contributed by atoms with van der Waals surface area (Å²) in [4.78, 5) is 3.23. The average Bonchev–Trinajstić information content (AvgIpc) is 2.42. The minimum Gasteiger partial charge on any atom is -0.473 e. The monoisotopic (exact) mass is 189 g/mol. The van der Waals surface area contributed by atoms with Gasteiger partial charge in [0.2, 0.25) is 0 Å². The number of ether oxygens (including phenoxy) is 1. The Hall–Kier alpha value is -1.44. The lowest BCUT2D eigenvalue weighted by Crippen LogP contribution is -2.23. The van der Waals surface area contributed by atoms with Gasteiger partial charge in [-0.05, 0) is 26.8 Å². The Morgan fingerprint density at radius 3 is 2.50 bits per heavy atom. The van der Waals surface area contributed by atoms with Crippen LogP contribution in [0.25, 0.3) is 10.9 Å². The van der Waals surface area contributed by atoms with Crippen molar-refractivity contribution in [3.05, 3.63) is 30.3 Å². The van der Waals surface area contributed by atoms with E-state index < -0.39 is 0 Å². The van der Waals surface area contributed by atoms with E-state index in [0.29, 0.717) is 0 Å². The highest BCUT2D eigenvalue weighted by atomic mass is 16.5. The standard InChI is InChI=1S/C12H15NO/c1-12(2,3)14-11-8-9-6-4-5-7-10(9)13-11/h4-8,13H,1-3H3. The molecule has 2 aromatic rings. The molecule has 0 aliphatic carbocycles. The molecule has 0 aliphatic heterocycles. The van der Waals surface area contributed by atoms with E-state index in [9.17, 15) is 0 Å². The average molecular weight is 189 g/mol. The summed E-state index contributed by atoms with van der Waals surface area (Å²) in [5.74, 6) is 0.832. The number of nitrogens with one attached hydrogen (secondary N) is 1. The van der Waals surface area contributed by atoms with Gasteiger partial charge in [-0.25, -0.2) is 0 Å². The van der Waals surface area contributed by atoms with Gasteiger partial charge in [-0.15, -0.1) is 0 Å². The summed E-state index contributed by atoms with van der Waals surface area (Å²) in [6, 6.07) is 10.2. The van der Waals surface area contributed by atoms with Gasteiger partial charge in [-0.1, -0.05) is 18.2 Å². The number of hydrogen-bond donors (Lipinski definition) is 1. The van der Waals surface area contributed by atoms with Crippen LogP contribution in [0.5, 0.6) is 5.88 Å². The smallest absolute Gasteiger partial charge is 0.192 e. The minimum atomic E-state index is -0.152. The van der Waals surface area contributed by atoms with E-state index in [1.165, 1.54) is 5.39 Å². The van der Waals surface area contributed by atoms with Crippen LogP contribution >= 0.6 is 0 Å². The van der Waals surface area contributed by atoms with Crippen molar-refractivity contribution in [1.82, 2.24) is 4.98 Å². The predicted octanol–water partition coefficient (Wildman–Crippen LogP) is 3.35. The third-order valence-electron chi connectivity index (χ3n) is 1.92. The van der Waals surface area contributed by atoms with E-state index in [-0.39, 0.29) is 5.60 Å². The normalized spacial score (nSPS) is 11.9. The maximum atomic E-state index is 5.73. The molecule has 1 heterocycles. The number of benzene rings is 1. The van der Waals surface area contributed by atoms with Crippen molar-refractivity contribution in [1.29, 1.82) is 0 Å². The highest BCUT2D eigenvalue weighted by Gasteiger charge is 2.12. The summed E-state index contributed by atoms with van der Waals surface area (Å²) in [6.45, 7) is 6.12. The Morgan fingerprint density at radius 2 is 1.86 bits per heavy atom. The van der Waals surface area contributed by atoms with E-state index in [4.69, 9.17) is 4.74 Å². The maximum Gasteiger partial charge on any atom is 0.192 e. The molecule has 0 aliphatic rings. The molecule has 1 aromatic carbocycles. The van der Waals surface area contributed by atoms with Gasteiger partial charge in [0, 0.05) is 17.0 Å². The first-order valence-electron chi connectivity index (χ1n) is 4.81. The molecule has 0 unspecified atom stereocenters. The van der Waals surface area contributed by atoms with Crippen molar-refractivity contribution < 1.29 is 4.74 Å². The second kappa shape index (κ2) is 3.05. The van der Waals surface area contributed by atoms with Gasteiger partial charge < -0.3 is 9.72 Å². The number of H-pyrrole nitrogens is 1. The summed E-state index contributed by atoms with van der Waals surface area (Å²) in [7, 11) is 0. The first-order valence-corrected chi connectivity index (χ1v) is 4.81. The SMILES string of the molecule is CC(C)(C)Oc1cc2ccccc2[nH]1. The fourth-order valence-electron chi connectivity index (χ4n) is 1.43. The fourth-order valence-corrected chi connectivity index (χ4v) is 1.43. The quantitative estimate of drug-likeness (QED) is 0.731. The Morgan fingerprint density at radius 1 is 1.14 bits per heavy atom. The molecule has 0 fully saturated rings. The van der Waals surface area contributed by atoms with Crippen LogP contribution in [0.1, 0.15) is 20.8 Å². The molecular weight excluding hydrogens is 174 g/mol. The molecule has 1 aromatic heterocycles. The molecule has 0 saturated heterocycles. The third-order valence-corrected chi connectivity index (χ3v) is 1.92. The minimum absolute atomic E-state index is 0.152. The van der Waals surface area contributed by atoms with E-state index in [1.54, 1.807) is 0 Å². The van der Waals surface area contributed by atoms with Gasteiger partial charge in [0.05, 0.1) is 0 Å². The molecular formula is C12H15NO. The lowest BCUT2D eigenvalue weighted by atomic mass is 10.2. The van der Waals surface area contributed by atoms with E-state index >= 15 is 0 Å². The van der Waals surface area contributed by atoms with Crippen molar-refractivity contribution in [2.75, 3.05) is 0 Å².